The Balaban J connectivity index is 1.75. The highest BCUT2D eigenvalue weighted by atomic mass is 16.3. The number of amides is 1. The fourth-order valence-electron chi connectivity index (χ4n) is 2.53. The van der Waals surface area contributed by atoms with E-state index in [1.165, 1.54) is 0 Å². The molecule has 3 rings (SSSR count). The minimum absolute atomic E-state index is 0.355. The molecule has 1 aromatic carbocycles. The number of carbonyl (C=O) groups is 3. The van der Waals surface area contributed by atoms with Crippen LogP contribution in [-0.2, 0) is 15.2 Å². The number of hydrogen-bond acceptors (Lipinski definition) is 4. The summed E-state index contributed by atoms with van der Waals surface area (Å²) in [5, 5.41) is 13.1. The molecule has 6 nitrogen and oxygen atoms in total. The smallest absolute Gasteiger partial charge is 0.261 e. The summed E-state index contributed by atoms with van der Waals surface area (Å²) in [6.45, 7) is 0. The summed E-state index contributed by atoms with van der Waals surface area (Å²) in [5.74, 6) is -1.51. The van der Waals surface area contributed by atoms with Crippen LogP contribution in [0.15, 0.2) is 54.7 Å². The van der Waals surface area contributed by atoms with Crippen LogP contribution in [0.4, 0.5) is 5.69 Å². The van der Waals surface area contributed by atoms with E-state index in [1.807, 2.05) is 0 Å². The Hall–Kier alpha value is -2.99. The van der Waals surface area contributed by atoms with Crippen molar-refractivity contribution in [2.24, 2.45) is 0 Å². The fraction of sp³-hybridized carbons (Fsp3) is 0.118. The van der Waals surface area contributed by atoms with Crippen LogP contribution in [0.3, 0.4) is 0 Å². The lowest BCUT2D eigenvalue weighted by molar-refractivity contribution is -0.138. The molecule has 6 heteroatoms. The molecule has 0 fully saturated rings. The van der Waals surface area contributed by atoms with Gasteiger partial charge in [0, 0.05) is 17.4 Å². The number of rotatable bonds is 5. The highest BCUT2D eigenvalue weighted by molar-refractivity contribution is 6.10. The summed E-state index contributed by atoms with van der Waals surface area (Å²) < 4.78 is 0. The lowest BCUT2D eigenvalue weighted by Gasteiger charge is -2.18. The Kier molecular flexibility index (Phi) is 3.67. The summed E-state index contributed by atoms with van der Waals surface area (Å²) in [5.41, 5.74) is -0.702. The van der Waals surface area contributed by atoms with Crippen molar-refractivity contribution in [3.05, 3.63) is 66.0 Å². The third kappa shape index (κ3) is 2.72. The number of benzene rings is 1. The van der Waals surface area contributed by atoms with Gasteiger partial charge in [-0.05, 0) is 30.4 Å². The number of allylic oxidation sites excluding steroid dienone is 2. The molecule has 3 N–H and O–H groups in total. The summed E-state index contributed by atoms with van der Waals surface area (Å²) in [7, 11) is 0. The number of fused-ring (bicyclic) bond motifs is 1. The van der Waals surface area contributed by atoms with Crippen molar-refractivity contribution < 1.29 is 19.5 Å². The summed E-state index contributed by atoms with van der Waals surface area (Å²) in [6, 6.07) is 9.91. The zero-order valence-electron chi connectivity index (χ0n) is 12.1. The molecule has 116 valence electrons. The second kappa shape index (κ2) is 5.66. The minimum atomic E-state index is -1.91. The Labute approximate surface area is 131 Å². The molecule has 0 spiro atoms. The number of H-pyrrole nitrogens is 1. The first kappa shape index (κ1) is 14.9. The number of carbonyl (C=O) groups excluding carboxylic acids is 3. The van der Waals surface area contributed by atoms with E-state index in [0.717, 1.165) is 12.2 Å². The number of ketones is 2. The summed E-state index contributed by atoms with van der Waals surface area (Å²) in [4.78, 5) is 38.6. The van der Waals surface area contributed by atoms with Crippen molar-refractivity contribution in [3.63, 3.8) is 0 Å². The largest absolute Gasteiger partial charge is 0.375 e. The van der Waals surface area contributed by atoms with Gasteiger partial charge in [-0.25, -0.2) is 0 Å². The van der Waals surface area contributed by atoms with Crippen LogP contribution in [0, 0.1) is 0 Å². The van der Waals surface area contributed by atoms with Gasteiger partial charge in [0.2, 0.25) is 5.78 Å². The van der Waals surface area contributed by atoms with E-state index in [0.29, 0.717) is 16.9 Å². The Morgan fingerprint density at radius 1 is 1.13 bits per heavy atom. The maximum Gasteiger partial charge on any atom is 0.261 e. The Morgan fingerprint density at radius 3 is 2.65 bits per heavy atom. The maximum atomic E-state index is 12.0. The van der Waals surface area contributed by atoms with Gasteiger partial charge in [0.1, 0.15) is 0 Å². The predicted molar refractivity (Wildman–Crippen MR) is 82.9 cm³/mol. The van der Waals surface area contributed by atoms with Gasteiger partial charge in [0.25, 0.3) is 5.91 Å². The highest BCUT2D eigenvalue weighted by Gasteiger charge is 2.46. The molecule has 1 atom stereocenters. The number of aromatic amines is 1. The third-order valence-electron chi connectivity index (χ3n) is 3.71. The number of anilines is 1. The second-order valence-corrected chi connectivity index (χ2v) is 5.28. The van der Waals surface area contributed by atoms with Gasteiger partial charge in [0.15, 0.2) is 11.4 Å². The van der Waals surface area contributed by atoms with Crippen LogP contribution in [-0.4, -0.2) is 27.6 Å². The first-order chi connectivity index (χ1) is 11.0. The van der Waals surface area contributed by atoms with Crippen molar-refractivity contribution in [1.29, 1.82) is 0 Å². The molecule has 1 aliphatic rings. The molecular formula is C17H14N2O4. The molecule has 1 aliphatic heterocycles. The van der Waals surface area contributed by atoms with Crippen LogP contribution < -0.4 is 5.32 Å². The third-order valence-corrected chi connectivity index (χ3v) is 3.71. The number of aromatic nitrogens is 1. The maximum absolute atomic E-state index is 12.0. The van der Waals surface area contributed by atoms with Crippen molar-refractivity contribution in [1.82, 2.24) is 4.98 Å². The Bertz CT molecular complexity index is 808. The van der Waals surface area contributed by atoms with Crippen LogP contribution in [0.25, 0.3) is 0 Å². The van der Waals surface area contributed by atoms with E-state index in [-0.39, 0.29) is 5.78 Å². The van der Waals surface area contributed by atoms with E-state index >= 15 is 0 Å². The monoisotopic (exact) mass is 310 g/mol. The van der Waals surface area contributed by atoms with Crippen molar-refractivity contribution >= 4 is 23.2 Å². The number of aliphatic hydroxyl groups is 1. The van der Waals surface area contributed by atoms with E-state index < -0.39 is 23.7 Å². The molecule has 2 heterocycles. The first-order valence-electron chi connectivity index (χ1n) is 7.03. The molecule has 0 unspecified atom stereocenters. The van der Waals surface area contributed by atoms with Crippen LogP contribution in [0.2, 0.25) is 0 Å². The van der Waals surface area contributed by atoms with Gasteiger partial charge in [-0.3, -0.25) is 14.4 Å². The molecule has 1 aromatic heterocycles. The molecule has 0 aliphatic carbocycles. The molecule has 0 bridgehead atoms. The zero-order chi connectivity index (χ0) is 16.4. The van der Waals surface area contributed by atoms with Crippen LogP contribution in [0.1, 0.15) is 22.5 Å². The van der Waals surface area contributed by atoms with Crippen molar-refractivity contribution in [2.75, 3.05) is 5.32 Å². The molecule has 23 heavy (non-hydrogen) atoms. The molecule has 1 amide bonds. The summed E-state index contributed by atoms with van der Waals surface area (Å²) >= 11 is 0. The predicted octanol–water partition coefficient (Wildman–Crippen LogP) is 1.55. The van der Waals surface area contributed by atoms with Crippen molar-refractivity contribution in [3.8, 4) is 0 Å². The Morgan fingerprint density at radius 2 is 1.91 bits per heavy atom. The number of hydrogen-bond donors (Lipinski definition) is 3. The number of nitrogens with one attached hydrogen (secondary N) is 2. The lowest BCUT2D eigenvalue weighted by atomic mass is 9.90. The molecule has 0 radical (unpaired) electrons. The van der Waals surface area contributed by atoms with E-state index in [4.69, 9.17) is 0 Å². The average Bonchev–Trinajstić information content (AvgIpc) is 3.14. The fourth-order valence-corrected chi connectivity index (χ4v) is 2.53. The van der Waals surface area contributed by atoms with Crippen molar-refractivity contribution in [2.45, 2.75) is 12.0 Å². The van der Waals surface area contributed by atoms with Gasteiger partial charge in [-0.15, -0.1) is 0 Å². The second-order valence-electron chi connectivity index (χ2n) is 5.28. The lowest BCUT2D eigenvalue weighted by Crippen LogP contribution is -2.36. The SMILES string of the molecule is O=C(/C=C/C(=O)c1ccc[nH]1)C[C@]1(O)C(=O)Nc2ccccc21. The quantitative estimate of drug-likeness (QED) is 0.576. The summed E-state index contributed by atoms with van der Waals surface area (Å²) in [6.07, 6.45) is 3.38. The van der Waals surface area contributed by atoms with Crippen LogP contribution >= 0.6 is 0 Å². The topological polar surface area (TPSA) is 99.3 Å². The standard InChI is InChI=1S/C17H14N2O4/c20-11(7-8-15(21)14-6-3-9-18-14)10-17(23)12-4-1-2-5-13(12)19-16(17)22/h1-9,18,23H,10H2,(H,19,22)/b8-7+/t17-/m1/s1. The number of para-hydroxylation sites is 1. The normalized spacial score (nSPS) is 19.6. The van der Waals surface area contributed by atoms with Crippen LogP contribution in [0.5, 0.6) is 0 Å². The van der Waals surface area contributed by atoms with E-state index in [1.54, 1.807) is 42.6 Å². The van der Waals surface area contributed by atoms with Gasteiger partial charge in [0.05, 0.1) is 12.1 Å². The van der Waals surface area contributed by atoms with Gasteiger partial charge < -0.3 is 15.4 Å². The van der Waals surface area contributed by atoms with Gasteiger partial charge in [-0.1, -0.05) is 18.2 Å². The minimum Gasteiger partial charge on any atom is -0.375 e. The van der Waals surface area contributed by atoms with E-state index in [2.05, 4.69) is 10.3 Å². The first-order valence-corrected chi connectivity index (χ1v) is 7.03. The zero-order valence-corrected chi connectivity index (χ0v) is 12.1. The van der Waals surface area contributed by atoms with Gasteiger partial charge >= 0.3 is 0 Å². The average molecular weight is 310 g/mol. The molecule has 0 saturated heterocycles. The molecular weight excluding hydrogens is 296 g/mol. The van der Waals surface area contributed by atoms with Gasteiger partial charge in [-0.2, -0.15) is 0 Å². The highest BCUT2D eigenvalue weighted by Crippen LogP contribution is 2.38. The molecule has 2 aromatic rings. The van der Waals surface area contributed by atoms with E-state index in [9.17, 15) is 19.5 Å². The molecule has 0 saturated carbocycles.